The molecule has 5 heteroatoms. The summed E-state index contributed by atoms with van der Waals surface area (Å²) in [6.07, 6.45) is 2.76. The molecule has 1 fully saturated rings. The van der Waals surface area contributed by atoms with Gasteiger partial charge in [0.2, 0.25) is 0 Å². The summed E-state index contributed by atoms with van der Waals surface area (Å²) in [6, 6.07) is 3.76. The minimum atomic E-state index is -0.533. The van der Waals surface area contributed by atoms with Gasteiger partial charge in [0.05, 0.1) is 5.69 Å². The molecule has 1 aliphatic rings. The van der Waals surface area contributed by atoms with Crippen LogP contribution in [0.15, 0.2) is 18.2 Å². The summed E-state index contributed by atoms with van der Waals surface area (Å²) in [7, 11) is 2.16. The Balaban J connectivity index is 1.67. The van der Waals surface area contributed by atoms with Gasteiger partial charge in [0.1, 0.15) is 11.6 Å². The fraction of sp³-hybridized carbons (Fsp3) is 0.647. The molecule has 0 heterocycles. The molecule has 0 aromatic heterocycles. The molecule has 1 saturated carbocycles. The van der Waals surface area contributed by atoms with Crippen LogP contribution in [0.25, 0.3) is 0 Å². The highest BCUT2D eigenvalue weighted by molar-refractivity contribution is 5.47. The third-order valence-electron chi connectivity index (χ3n) is 4.13. The monoisotopic (exact) mass is 311 g/mol. The van der Waals surface area contributed by atoms with Gasteiger partial charge in [-0.25, -0.2) is 8.78 Å². The predicted molar refractivity (Wildman–Crippen MR) is 87.3 cm³/mol. The predicted octanol–water partition coefficient (Wildman–Crippen LogP) is 2.72. The lowest BCUT2D eigenvalue weighted by Crippen LogP contribution is -2.36. The Kier molecular flexibility index (Phi) is 6.58. The molecule has 22 heavy (non-hydrogen) atoms. The lowest BCUT2D eigenvalue weighted by atomic mass is 10.2. The Morgan fingerprint density at radius 2 is 1.91 bits per heavy atom. The topological polar surface area (TPSA) is 18.5 Å². The van der Waals surface area contributed by atoms with Crippen LogP contribution in [0.3, 0.4) is 0 Å². The van der Waals surface area contributed by atoms with Gasteiger partial charge in [-0.2, -0.15) is 0 Å². The van der Waals surface area contributed by atoms with Gasteiger partial charge in [0.25, 0.3) is 0 Å². The van der Waals surface area contributed by atoms with Crippen molar-refractivity contribution >= 4 is 5.69 Å². The molecule has 0 aliphatic heterocycles. The molecule has 0 atom stereocenters. The Bertz CT molecular complexity index is 463. The number of hydrogen-bond acceptors (Lipinski definition) is 3. The van der Waals surface area contributed by atoms with Gasteiger partial charge >= 0.3 is 0 Å². The molecule has 3 nitrogen and oxygen atoms in total. The van der Waals surface area contributed by atoms with Crippen LogP contribution in [-0.2, 0) is 0 Å². The maximum absolute atomic E-state index is 13.8. The van der Waals surface area contributed by atoms with Crippen molar-refractivity contribution in [2.75, 3.05) is 51.2 Å². The van der Waals surface area contributed by atoms with Crippen LogP contribution in [0.1, 0.15) is 19.8 Å². The van der Waals surface area contributed by atoms with E-state index < -0.39 is 11.6 Å². The van der Waals surface area contributed by atoms with Crippen molar-refractivity contribution in [1.29, 1.82) is 0 Å². The second-order valence-electron chi connectivity index (χ2n) is 6.13. The normalized spacial score (nSPS) is 14.6. The number of halogens is 2. The Labute approximate surface area is 132 Å². The number of anilines is 1. The first-order valence-electron chi connectivity index (χ1n) is 8.19. The molecule has 0 saturated heterocycles. The second kappa shape index (κ2) is 8.44. The molecule has 1 aromatic rings. The van der Waals surface area contributed by atoms with Crippen molar-refractivity contribution in [2.45, 2.75) is 19.8 Å². The average molecular weight is 311 g/mol. The fourth-order valence-electron chi connectivity index (χ4n) is 2.63. The van der Waals surface area contributed by atoms with Crippen LogP contribution in [0.2, 0.25) is 0 Å². The zero-order valence-corrected chi connectivity index (χ0v) is 13.6. The van der Waals surface area contributed by atoms with Crippen LogP contribution >= 0.6 is 0 Å². The summed E-state index contributed by atoms with van der Waals surface area (Å²) < 4.78 is 26.7. The summed E-state index contributed by atoms with van der Waals surface area (Å²) in [5, 5.41) is 3.40. The third kappa shape index (κ3) is 5.54. The smallest absolute Gasteiger partial charge is 0.149 e. The number of rotatable bonds is 10. The number of likely N-dealkylation sites (N-methyl/N-ethyl adjacent to an activating group) is 2. The quantitative estimate of drug-likeness (QED) is 0.670. The standard InChI is InChI=1S/C17H27F2N3/c1-3-22(17-7-6-15(18)12-16(17)19)11-9-20-8-10-21(2)13-14-4-5-14/h6-7,12,14,20H,3-5,8-11,13H2,1-2H3. The average Bonchev–Trinajstić information content (AvgIpc) is 3.28. The lowest BCUT2D eigenvalue weighted by molar-refractivity contribution is 0.319. The van der Waals surface area contributed by atoms with E-state index in [-0.39, 0.29) is 0 Å². The van der Waals surface area contributed by atoms with Gasteiger partial charge in [-0.15, -0.1) is 0 Å². The van der Waals surface area contributed by atoms with Crippen molar-refractivity contribution in [2.24, 2.45) is 5.92 Å². The van der Waals surface area contributed by atoms with Crippen LogP contribution in [-0.4, -0.2) is 51.2 Å². The number of nitrogens with one attached hydrogen (secondary N) is 1. The number of hydrogen-bond donors (Lipinski definition) is 1. The molecule has 2 rings (SSSR count). The van der Waals surface area contributed by atoms with Crippen LogP contribution < -0.4 is 10.2 Å². The Morgan fingerprint density at radius 1 is 1.18 bits per heavy atom. The fourth-order valence-corrected chi connectivity index (χ4v) is 2.63. The Hall–Kier alpha value is -1.20. The van der Waals surface area contributed by atoms with E-state index in [1.165, 1.54) is 31.5 Å². The van der Waals surface area contributed by atoms with Crippen molar-refractivity contribution < 1.29 is 8.78 Å². The molecule has 0 spiro atoms. The molecule has 0 amide bonds. The largest absolute Gasteiger partial charge is 0.368 e. The van der Waals surface area contributed by atoms with Gasteiger partial charge in [-0.1, -0.05) is 0 Å². The van der Waals surface area contributed by atoms with E-state index in [9.17, 15) is 8.78 Å². The molecule has 1 aliphatic carbocycles. The van der Waals surface area contributed by atoms with E-state index in [4.69, 9.17) is 0 Å². The SMILES string of the molecule is CCN(CCNCCN(C)CC1CC1)c1ccc(F)cc1F. The van der Waals surface area contributed by atoms with Crippen molar-refractivity contribution in [3.05, 3.63) is 29.8 Å². The summed E-state index contributed by atoms with van der Waals surface area (Å²) in [6.45, 7) is 7.36. The van der Waals surface area contributed by atoms with Crippen molar-refractivity contribution in [3.63, 3.8) is 0 Å². The van der Waals surface area contributed by atoms with Crippen LogP contribution in [0, 0.1) is 17.6 Å². The highest BCUT2D eigenvalue weighted by atomic mass is 19.1. The second-order valence-corrected chi connectivity index (χ2v) is 6.13. The van der Waals surface area contributed by atoms with Gasteiger partial charge in [0.15, 0.2) is 0 Å². The number of nitrogens with zero attached hydrogens (tertiary/aromatic N) is 2. The summed E-state index contributed by atoms with van der Waals surface area (Å²) in [4.78, 5) is 4.29. The molecular formula is C17H27F2N3. The van der Waals surface area contributed by atoms with E-state index in [1.54, 1.807) is 0 Å². The van der Waals surface area contributed by atoms with E-state index in [0.717, 1.165) is 31.6 Å². The van der Waals surface area contributed by atoms with Crippen molar-refractivity contribution in [1.82, 2.24) is 10.2 Å². The molecule has 1 N–H and O–H groups in total. The number of benzene rings is 1. The lowest BCUT2D eigenvalue weighted by Gasteiger charge is -2.24. The maximum atomic E-state index is 13.8. The molecule has 0 unspecified atom stereocenters. The van der Waals surface area contributed by atoms with E-state index in [0.29, 0.717) is 18.8 Å². The minimum Gasteiger partial charge on any atom is -0.368 e. The summed E-state index contributed by atoms with van der Waals surface area (Å²) in [5.74, 6) is -0.109. The molecule has 0 radical (unpaired) electrons. The van der Waals surface area contributed by atoms with E-state index in [2.05, 4.69) is 17.3 Å². The van der Waals surface area contributed by atoms with Gasteiger partial charge in [-0.05, 0) is 44.9 Å². The maximum Gasteiger partial charge on any atom is 0.149 e. The van der Waals surface area contributed by atoms with Crippen LogP contribution in [0.4, 0.5) is 14.5 Å². The van der Waals surface area contributed by atoms with Gasteiger partial charge in [-0.3, -0.25) is 0 Å². The zero-order chi connectivity index (χ0) is 15.9. The molecule has 0 bridgehead atoms. The van der Waals surface area contributed by atoms with Gasteiger partial charge < -0.3 is 15.1 Å². The first-order chi connectivity index (χ1) is 10.6. The molecule has 1 aromatic carbocycles. The first kappa shape index (κ1) is 17.2. The summed E-state index contributed by atoms with van der Waals surface area (Å²) >= 11 is 0. The van der Waals surface area contributed by atoms with Crippen molar-refractivity contribution in [3.8, 4) is 0 Å². The van der Waals surface area contributed by atoms with Gasteiger partial charge in [0, 0.05) is 45.3 Å². The summed E-state index contributed by atoms with van der Waals surface area (Å²) in [5.41, 5.74) is 0.469. The Morgan fingerprint density at radius 3 is 2.55 bits per heavy atom. The van der Waals surface area contributed by atoms with E-state index in [1.807, 2.05) is 11.8 Å². The van der Waals surface area contributed by atoms with E-state index >= 15 is 0 Å². The first-order valence-corrected chi connectivity index (χ1v) is 8.19. The van der Waals surface area contributed by atoms with Crippen LogP contribution in [0.5, 0.6) is 0 Å². The molecular weight excluding hydrogens is 284 g/mol. The molecule has 124 valence electrons. The highest BCUT2D eigenvalue weighted by Gasteiger charge is 2.22. The third-order valence-corrected chi connectivity index (χ3v) is 4.13. The highest BCUT2D eigenvalue weighted by Crippen LogP contribution is 2.29. The zero-order valence-electron chi connectivity index (χ0n) is 13.6. The minimum absolute atomic E-state index is 0.469.